The Morgan fingerprint density at radius 2 is 1.71 bits per heavy atom. The minimum atomic E-state index is -0.222. The van der Waals surface area contributed by atoms with Crippen molar-refractivity contribution in [1.82, 2.24) is 4.90 Å². The number of hydrogen-bond donors (Lipinski definition) is 0. The Morgan fingerprint density at radius 3 is 2.43 bits per heavy atom. The molecule has 4 nitrogen and oxygen atoms in total. The summed E-state index contributed by atoms with van der Waals surface area (Å²) in [6, 6.07) is 22.9. The van der Waals surface area contributed by atoms with Crippen molar-refractivity contribution in [2.75, 3.05) is 27.3 Å². The molecule has 2 aliphatic heterocycles. The monoisotopic (exact) mass is 467 g/mol. The minimum absolute atomic E-state index is 0.222. The number of rotatable bonds is 6. The van der Waals surface area contributed by atoms with E-state index in [1.54, 1.807) is 14.2 Å². The van der Waals surface area contributed by atoms with Gasteiger partial charge in [-0.3, -0.25) is 0 Å². The predicted molar refractivity (Wildman–Crippen MR) is 143 cm³/mol. The van der Waals surface area contributed by atoms with E-state index in [2.05, 4.69) is 67.4 Å². The van der Waals surface area contributed by atoms with Gasteiger partial charge >= 0.3 is 0 Å². The summed E-state index contributed by atoms with van der Waals surface area (Å²) in [4.78, 5) is 2.40. The Kier molecular flexibility index (Phi) is 6.54. The van der Waals surface area contributed by atoms with Crippen molar-refractivity contribution in [3.63, 3.8) is 0 Å². The Balaban J connectivity index is 1.51. The lowest BCUT2D eigenvalue weighted by Gasteiger charge is -2.31. The van der Waals surface area contributed by atoms with Crippen LogP contribution in [0.2, 0.25) is 0 Å². The summed E-state index contributed by atoms with van der Waals surface area (Å²) in [5, 5.41) is 0. The van der Waals surface area contributed by atoms with Crippen molar-refractivity contribution >= 4 is 17.2 Å². The molecule has 0 bridgehead atoms. The molecule has 1 saturated heterocycles. The van der Waals surface area contributed by atoms with Crippen molar-refractivity contribution < 1.29 is 14.2 Å². The van der Waals surface area contributed by atoms with Gasteiger partial charge in [0.2, 0.25) is 0 Å². The third-order valence-electron chi connectivity index (χ3n) is 7.05. The van der Waals surface area contributed by atoms with Crippen LogP contribution in [0.5, 0.6) is 17.2 Å². The molecule has 2 atom stereocenters. The standard InChI is InChI=1S/C31H33NO3/c1-21-14-16-32(20-21)17-15-23-8-10-24(11-9-23)31-30(25-6-5-7-26(18-25)33-3)22(2)28-19-27(34-4)12-13-29(28)35-31/h5-13,15,17-19,21,31H,14,16,20H2,1-4H3/t21-,31?/m1/s1. The summed E-state index contributed by atoms with van der Waals surface area (Å²) < 4.78 is 17.7. The van der Waals surface area contributed by atoms with Crippen molar-refractivity contribution in [2.45, 2.75) is 26.4 Å². The predicted octanol–water partition coefficient (Wildman–Crippen LogP) is 7.08. The van der Waals surface area contributed by atoms with Crippen LogP contribution < -0.4 is 14.2 Å². The summed E-state index contributed by atoms with van der Waals surface area (Å²) in [5.41, 5.74) is 6.77. The molecule has 1 unspecified atom stereocenters. The molecule has 35 heavy (non-hydrogen) atoms. The molecule has 2 heterocycles. The molecular weight excluding hydrogens is 434 g/mol. The number of nitrogens with zero attached hydrogens (tertiary/aromatic N) is 1. The van der Waals surface area contributed by atoms with Crippen LogP contribution in [0.25, 0.3) is 17.2 Å². The van der Waals surface area contributed by atoms with Crippen LogP contribution in [0.15, 0.2) is 72.9 Å². The topological polar surface area (TPSA) is 30.9 Å². The Bertz CT molecular complexity index is 1260. The lowest BCUT2D eigenvalue weighted by molar-refractivity contribution is 0.259. The third-order valence-corrected chi connectivity index (χ3v) is 7.05. The first-order valence-electron chi connectivity index (χ1n) is 12.3. The number of fused-ring (bicyclic) bond motifs is 1. The van der Waals surface area contributed by atoms with Crippen LogP contribution in [-0.4, -0.2) is 32.2 Å². The lowest BCUT2D eigenvalue weighted by Crippen LogP contribution is -2.16. The average molecular weight is 468 g/mol. The van der Waals surface area contributed by atoms with Crippen LogP contribution in [-0.2, 0) is 0 Å². The van der Waals surface area contributed by atoms with Gasteiger partial charge in [0.1, 0.15) is 23.4 Å². The normalized spacial score (nSPS) is 19.6. The molecule has 180 valence electrons. The van der Waals surface area contributed by atoms with E-state index in [0.717, 1.165) is 58.5 Å². The number of allylic oxidation sites excluding steroid dienone is 1. The summed E-state index contributed by atoms with van der Waals surface area (Å²) in [6.45, 7) is 6.76. The molecule has 2 aliphatic rings. The zero-order valence-electron chi connectivity index (χ0n) is 21.0. The fourth-order valence-electron chi connectivity index (χ4n) is 5.03. The molecule has 0 aliphatic carbocycles. The number of methoxy groups -OCH3 is 2. The molecule has 0 saturated carbocycles. The van der Waals surface area contributed by atoms with E-state index in [4.69, 9.17) is 14.2 Å². The van der Waals surface area contributed by atoms with Gasteiger partial charge < -0.3 is 19.1 Å². The van der Waals surface area contributed by atoms with Gasteiger partial charge in [-0.2, -0.15) is 0 Å². The molecule has 4 heteroatoms. The maximum absolute atomic E-state index is 6.64. The highest BCUT2D eigenvalue weighted by Crippen LogP contribution is 2.47. The lowest BCUT2D eigenvalue weighted by atomic mass is 9.86. The SMILES string of the molecule is COc1cccc(C2=C(C)c3cc(OC)ccc3OC2c2ccc(C=CN3CC[C@@H](C)C3)cc2)c1. The van der Waals surface area contributed by atoms with Crippen LogP contribution in [0.1, 0.15) is 48.6 Å². The van der Waals surface area contributed by atoms with E-state index in [0.29, 0.717) is 0 Å². The first-order chi connectivity index (χ1) is 17.1. The van der Waals surface area contributed by atoms with Gasteiger partial charge in [-0.1, -0.05) is 43.3 Å². The summed E-state index contributed by atoms with van der Waals surface area (Å²) in [6.07, 6.45) is 5.48. The van der Waals surface area contributed by atoms with Crippen molar-refractivity contribution in [1.29, 1.82) is 0 Å². The molecule has 0 spiro atoms. The first kappa shape index (κ1) is 23.1. The van der Waals surface area contributed by atoms with E-state index in [1.807, 2.05) is 30.3 Å². The highest BCUT2D eigenvalue weighted by atomic mass is 16.5. The van der Waals surface area contributed by atoms with Gasteiger partial charge in [-0.25, -0.2) is 0 Å². The quantitative estimate of drug-likeness (QED) is 0.388. The van der Waals surface area contributed by atoms with Gasteiger partial charge in [-0.15, -0.1) is 0 Å². The van der Waals surface area contributed by atoms with Crippen LogP contribution in [0.4, 0.5) is 0 Å². The minimum Gasteiger partial charge on any atom is -0.497 e. The van der Waals surface area contributed by atoms with E-state index in [-0.39, 0.29) is 6.10 Å². The number of likely N-dealkylation sites (tertiary alicyclic amines) is 1. The maximum atomic E-state index is 6.64. The molecule has 5 rings (SSSR count). The van der Waals surface area contributed by atoms with Gasteiger partial charge in [0.15, 0.2) is 0 Å². The molecule has 1 fully saturated rings. The fraction of sp³-hybridized carbons (Fsp3) is 0.290. The zero-order valence-corrected chi connectivity index (χ0v) is 21.0. The highest BCUT2D eigenvalue weighted by molar-refractivity contribution is 5.96. The average Bonchev–Trinajstić information content (AvgIpc) is 3.32. The second kappa shape index (κ2) is 9.91. The van der Waals surface area contributed by atoms with Crippen LogP contribution in [0.3, 0.4) is 0 Å². The van der Waals surface area contributed by atoms with Crippen molar-refractivity contribution in [3.8, 4) is 17.2 Å². The molecule has 0 radical (unpaired) electrons. The largest absolute Gasteiger partial charge is 0.497 e. The molecule has 3 aromatic carbocycles. The zero-order chi connectivity index (χ0) is 24.4. The fourth-order valence-corrected chi connectivity index (χ4v) is 5.03. The second-order valence-corrected chi connectivity index (χ2v) is 9.50. The highest BCUT2D eigenvalue weighted by Gasteiger charge is 2.29. The first-order valence-corrected chi connectivity index (χ1v) is 12.3. The van der Waals surface area contributed by atoms with E-state index < -0.39 is 0 Å². The van der Waals surface area contributed by atoms with E-state index >= 15 is 0 Å². The molecule has 0 aromatic heterocycles. The molecule has 0 N–H and O–H groups in total. The van der Waals surface area contributed by atoms with Gasteiger partial charge in [0.05, 0.1) is 14.2 Å². The Morgan fingerprint density at radius 1 is 0.943 bits per heavy atom. The third kappa shape index (κ3) is 4.79. The van der Waals surface area contributed by atoms with Crippen LogP contribution in [0, 0.1) is 5.92 Å². The van der Waals surface area contributed by atoms with Gasteiger partial charge in [-0.05, 0) is 84.1 Å². The van der Waals surface area contributed by atoms with E-state index in [9.17, 15) is 0 Å². The van der Waals surface area contributed by atoms with E-state index in [1.165, 1.54) is 17.6 Å². The van der Waals surface area contributed by atoms with Crippen molar-refractivity contribution in [3.05, 3.63) is 95.2 Å². The van der Waals surface area contributed by atoms with Crippen LogP contribution >= 0.6 is 0 Å². The summed E-state index contributed by atoms with van der Waals surface area (Å²) >= 11 is 0. The van der Waals surface area contributed by atoms with Gasteiger partial charge in [0.25, 0.3) is 0 Å². The number of ether oxygens (including phenoxy) is 3. The molecular formula is C31H33NO3. The smallest absolute Gasteiger partial charge is 0.150 e. The molecule has 0 amide bonds. The summed E-state index contributed by atoms with van der Waals surface area (Å²) in [7, 11) is 3.39. The number of benzene rings is 3. The number of hydrogen-bond acceptors (Lipinski definition) is 4. The Labute approximate surface area is 208 Å². The summed E-state index contributed by atoms with van der Waals surface area (Å²) in [5.74, 6) is 3.29. The van der Waals surface area contributed by atoms with Gasteiger partial charge in [0, 0.05) is 24.2 Å². The maximum Gasteiger partial charge on any atom is 0.150 e. The molecule has 3 aromatic rings. The van der Waals surface area contributed by atoms with Crippen molar-refractivity contribution in [2.24, 2.45) is 5.92 Å². The second-order valence-electron chi connectivity index (χ2n) is 9.50. The Hall–Kier alpha value is -3.66.